The summed E-state index contributed by atoms with van der Waals surface area (Å²) in [5.74, 6) is -0.178. The van der Waals surface area contributed by atoms with Crippen LogP contribution in [0.25, 0.3) is 0 Å². The molecule has 100 valence electrons. The maximum Gasteiger partial charge on any atom is 0.123 e. The van der Waals surface area contributed by atoms with Crippen LogP contribution in [0.3, 0.4) is 0 Å². The predicted molar refractivity (Wildman–Crippen MR) is 71.0 cm³/mol. The minimum atomic E-state index is -0.178. The fraction of sp³-hybridized carbons (Fsp3) is 0.600. The summed E-state index contributed by atoms with van der Waals surface area (Å²) in [4.78, 5) is 0. The zero-order valence-corrected chi connectivity index (χ0v) is 11.2. The molecule has 0 amide bonds. The molecule has 0 saturated carbocycles. The molecule has 2 rings (SSSR count). The number of hydrogen-bond donors (Lipinski definition) is 1. The summed E-state index contributed by atoms with van der Waals surface area (Å²) >= 11 is 0. The standard InChI is InChI=1S/C15H22FNO/c1-3-15-10-14(8-9-18-15)17-11(2)12-4-6-13(16)7-5-12/h4-7,11,14-15,17H,3,8-10H2,1-2H3. The molecule has 1 aliphatic rings. The van der Waals surface area contributed by atoms with Crippen molar-refractivity contribution < 1.29 is 9.13 Å². The van der Waals surface area contributed by atoms with E-state index in [1.807, 2.05) is 12.1 Å². The SMILES string of the molecule is CCC1CC(NC(C)c2ccc(F)cc2)CCO1. The van der Waals surface area contributed by atoms with E-state index in [4.69, 9.17) is 4.74 Å². The highest BCUT2D eigenvalue weighted by Gasteiger charge is 2.22. The van der Waals surface area contributed by atoms with Gasteiger partial charge >= 0.3 is 0 Å². The summed E-state index contributed by atoms with van der Waals surface area (Å²) in [6.45, 7) is 5.13. The Kier molecular flexibility index (Phi) is 4.72. The van der Waals surface area contributed by atoms with E-state index in [-0.39, 0.29) is 11.9 Å². The van der Waals surface area contributed by atoms with E-state index in [1.54, 1.807) is 0 Å². The van der Waals surface area contributed by atoms with Crippen molar-refractivity contribution in [3.63, 3.8) is 0 Å². The monoisotopic (exact) mass is 251 g/mol. The topological polar surface area (TPSA) is 21.3 Å². The first-order chi connectivity index (χ1) is 8.69. The average Bonchev–Trinajstić information content (AvgIpc) is 2.39. The molecule has 3 atom stereocenters. The van der Waals surface area contributed by atoms with Crippen LogP contribution in [0, 0.1) is 5.82 Å². The fourth-order valence-electron chi connectivity index (χ4n) is 2.52. The van der Waals surface area contributed by atoms with Crippen LogP contribution in [0.5, 0.6) is 0 Å². The lowest BCUT2D eigenvalue weighted by atomic mass is 9.99. The highest BCUT2D eigenvalue weighted by molar-refractivity contribution is 5.19. The highest BCUT2D eigenvalue weighted by atomic mass is 19.1. The lowest BCUT2D eigenvalue weighted by molar-refractivity contribution is -0.00165. The lowest BCUT2D eigenvalue weighted by Gasteiger charge is -2.31. The van der Waals surface area contributed by atoms with E-state index in [9.17, 15) is 4.39 Å². The summed E-state index contributed by atoms with van der Waals surface area (Å²) in [6.07, 6.45) is 3.59. The molecule has 0 aromatic heterocycles. The molecule has 3 heteroatoms. The Balaban J connectivity index is 1.90. The third-order valence-corrected chi connectivity index (χ3v) is 3.68. The molecular formula is C15H22FNO. The molecule has 1 heterocycles. The van der Waals surface area contributed by atoms with Crippen LogP contribution in [-0.4, -0.2) is 18.8 Å². The van der Waals surface area contributed by atoms with E-state index < -0.39 is 0 Å². The van der Waals surface area contributed by atoms with Gasteiger partial charge in [0.2, 0.25) is 0 Å². The van der Waals surface area contributed by atoms with Gasteiger partial charge in [-0.1, -0.05) is 19.1 Å². The Bertz CT molecular complexity index is 365. The molecule has 0 aliphatic carbocycles. The van der Waals surface area contributed by atoms with Gasteiger partial charge in [0.15, 0.2) is 0 Å². The van der Waals surface area contributed by atoms with Gasteiger partial charge in [-0.05, 0) is 43.9 Å². The minimum Gasteiger partial charge on any atom is -0.378 e. The van der Waals surface area contributed by atoms with Crippen LogP contribution in [-0.2, 0) is 4.74 Å². The van der Waals surface area contributed by atoms with Gasteiger partial charge in [0, 0.05) is 18.7 Å². The third-order valence-electron chi connectivity index (χ3n) is 3.68. The average molecular weight is 251 g/mol. The van der Waals surface area contributed by atoms with Crippen molar-refractivity contribution in [1.29, 1.82) is 0 Å². The molecule has 18 heavy (non-hydrogen) atoms. The summed E-state index contributed by atoms with van der Waals surface area (Å²) in [5, 5.41) is 3.62. The van der Waals surface area contributed by atoms with Crippen LogP contribution >= 0.6 is 0 Å². The van der Waals surface area contributed by atoms with Crippen LogP contribution in [0.1, 0.15) is 44.7 Å². The maximum atomic E-state index is 12.9. The van der Waals surface area contributed by atoms with Crippen molar-refractivity contribution >= 4 is 0 Å². The van der Waals surface area contributed by atoms with Gasteiger partial charge in [-0.3, -0.25) is 0 Å². The first-order valence-corrected chi connectivity index (χ1v) is 6.82. The molecule has 0 radical (unpaired) electrons. The number of benzene rings is 1. The second-order valence-corrected chi connectivity index (χ2v) is 5.06. The predicted octanol–water partition coefficient (Wildman–Crippen LogP) is 3.43. The quantitative estimate of drug-likeness (QED) is 0.885. The minimum absolute atomic E-state index is 0.178. The van der Waals surface area contributed by atoms with Crippen molar-refractivity contribution in [2.45, 2.75) is 51.3 Å². The molecule has 3 unspecified atom stereocenters. The fourth-order valence-corrected chi connectivity index (χ4v) is 2.52. The van der Waals surface area contributed by atoms with Crippen LogP contribution in [0.2, 0.25) is 0 Å². The van der Waals surface area contributed by atoms with Gasteiger partial charge in [-0.2, -0.15) is 0 Å². The van der Waals surface area contributed by atoms with E-state index in [0.717, 1.165) is 31.4 Å². The Morgan fingerprint density at radius 3 is 2.78 bits per heavy atom. The summed E-state index contributed by atoms with van der Waals surface area (Å²) in [7, 11) is 0. The molecule has 0 spiro atoms. The molecule has 1 saturated heterocycles. The number of nitrogens with one attached hydrogen (secondary N) is 1. The lowest BCUT2D eigenvalue weighted by Crippen LogP contribution is -2.39. The molecular weight excluding hydrogens is 229 g/mol. The number of ether oxygens (including phenoxy) is 1. The van der Waals surface area contributed by atoms with Crippen molar-refractivity contribution in [3.8, 4) is 0 Å². The van der Waals surface area contributed by atoms with E-state index in [1.165, 1.54) is 12.1 Å². The van der Waals surface area contributed by atoms with E-state index in [0.29, 0.717) is 12.1 Å². The summed E-state index contributed by atoms with van der Waals surface area (Å²) in [6, 6.07) is 7.50. The Labute approximate surface area is 109 Å². The molecule has 0 bridgehead atoms. The molecule has 1 aliphatic heterocycles. The van der Waals surface area contributed by atoms with Gasteiger partial charge in [0.1, 0.15) is 5.82 Å². The number of halogens is 1. The van der Waals surface area contributed by atoms with Crippen molar-refractivity contribution in [1.82, 2.24) is 5.32 Å². The van der Waals surface area contributed by atoms with Crippen LogP contribution < -0.4 is 5.32 Å². The summed E-state index contributed by atoms with van der Waals surface area (Å²) < 4.78 is 18.5. The van der Waals surface area contributed by atoms with Crippen molar-refractivity contribution in [2.75, 3.05) is 6.61 Å². The smallest absolute Gasteiger partial charge is 0.123 e. The van der Waals surface area contributed by atoms with Gasteiger partial charge < -0.3 is 10.1 Å². The molecule has 1 aromatic rings. The van der Waals surface area contributed by atoms with Gasteiger partial charge in [-0.15, -0.1) is 0 Å². The zero-order chi connectivity index (χ0) is 13.0. The largest absolute Gasteiger partial charge is 0.378 e. The maximum absolute atomic E-state index is 12.9. The number of hydrogen-bond acceptors (Lipinski definition) is 2. The van der Waals surface area contributed by atoms with Crippen molar-refractivity contribution in [2.24, 2.45) is 0 Å². The van der Waals surface area contributed by atoms with E-state index >= 15 is 0 Å². The molecule has 2 nitrogen and oxygen atoms in total. The molecule has 1 aromatic carbocycles. The van der Waals surface area contributed by atoms with Gasteiger partial charge in [0.25, 0.3) is 0 Å². The number of rotatable bonds is 4. The molecule has 1 N–H and O–H groups in total. The first-order valence-electron chi connectivity index (χ1n) is 6.82. The third kappa shape index (κ3) is 3.53. The second-order valence-electron chi connectivity index (χ2n) is 5.06. The van der Waals surface area contributed by atoms with Crippen LogP contribution in [0.15, 0.2) is 24.3 Å². The van der Waals surface area contributed by atoms with E-state index in [2.05, 4.69) is 19.2 Å². The zero-order valence-electron chi connectivity index (χ0n) is 11.2. The normalized spacial score (nSPS) is 25.9. The van der Waals surface area contributed by atoms with Crippen LogP contribution in [0.4, 0.5) is 4.39 Å². The van der Waals surface area contributed by atoms with Gasteiger partial charge in [0.05, 0.1) is 6.10 Å². The van der Waals surface area contributed by atoms with Gasteiger partial charge in [-0.25, -0.2) is 4.39 Å². The Morgan fingerprint density at radius 1 is 1.39 bits per heavy atom. The highest BCUT2D eigenvalue weighted by Crippen LogP contribution is 2.20. The van der Waals surface area contributed by atoms with Crippen molar-refractivity contribution in [3.05, 3.63) is 35.6 Å². The first kappa shape index (κ1) is 13.5. The Hall–Kier alpha value is -0.930. The summed E-state index contributed by atoms with van der Waals surface area (Å²) in [5.41, 5.74) is 1.14. The second kappa shape index (κ2) is 6.30. The molecule has 1 fully saturated rings. The Morgan fingerprint density at radius 2 is 2.11 bits per heavy atom.